The Morgan fingerprint density at radius 2 is 2.05 bits per heavy atom. The largest absolute Gasteiger partial charge is 0.322 e. The van der Waals surface area contributed by atoms with E-state index in [0.717, 1.165) is 0 Å². The van der Waals surface area contributed by atoms with E-state index in [1.165, 1.54) is 18.5 Å². The van der Waals surface area contributed by atoms with Gasteiger partial charge in [0.2, 0.25) is 0 Å². The zero-order valence-electron chi connectivity index (χ0n) is 9.79. The summed E-state index contributed by atoms with van der Waals surface area (Å²) in [4.78, 5) is 15.8. The van der Waals surface area contributed by atoms with Crippen molar-refractivity contribution in [1.29, 1.82) is 10.5 Å². The van der Waals surface area contributed by atoms with Crippen LogP contribution in [0.4, 0.5) is 5.69 Å². The highest BCUT2D eigenvalue weighted by atomic mass is 16.1. The highest BCUT2D eigenvalue weighted by Gasteiger charge is 2.11. The van der Waals surface area contributed by atoms with Crippen LogP contribution in [0.2, 0.25) is 0 Å². The van der Waals surface area contributed by atoms with E-state index >= 15 is 0 Å². The van der Waals surface area contributed by atoms with Gasteiger partial charge in [0.1, 0.15) is 6.07 Å². The molecule has 1 amide bonds. The van der Waals surface area contributed by atoms with E-state index in [1.807, 2.05) is 12.1 Å². The summed E-state index contributed by atoms with van der Waals surface area (Å²) in [6.45, 7) is 0. The zero-order valence-corrected chi connectivity index (χ0v) is 9.79. The van der Waals surface area contributed by atoms with Crippen LogP contribution in [0, 0.1) is 22.7 Å². The van der Waals surface area contributed by atoms with Crippen molar-refractivity contribution >= 4 is 11.6 Å². The Bertz CT molecular complexity index is 710. The Morgan fingerprint density at radius 1 is 1.21 bits per heavy atom. The molecule has 0 aliphatic heterocycles. The molecule has 0 atom stereocenters. The lowest BCUT2D eigenvalue weighted by atomic mass is 10.1. The topological polar surface area (TPSA) is 89.6 Å². The molecule has 0 saturated heterocycles. The molecule has 0 aliphatic carbocycles. The van der Waals surface area contributed by atoms with Gasteiger partial charge in [-0.15, -0.1) is 0 Å². The molecular weight excluding hydrogens is 240 g/mol. The number of nitrogens with one attached hydrogen (secondary N) is 1. The lowest BCUT2D eigenvalue weighted by Crippen LogP contribution is -2.13. The first kappa shape index (κ1) is 12.3. The van der Waals surface area contributed by atoms with Gasteiger partial charge in [0, 0.05) is 18.1 Å². The van der Waals surface area contributed by atoms with Gasteiger partial charge in [0.15, 0.2) is 0 Å². The molecule has 1 aromatic heterocycles. The lowest BCUT2D eigenvalue weighted by Gasteiger charge is -2.06. The van der Waals surface area contributed by atoms with E-state index in [4.69, 9.17) is 10.5 Å². The van der Waals surface area contributed by atoms with Crippen molar-refractivity contribution in [3.63, 3.8) is 0 Å². The summed E-state index contributed by atoms with van der Waals surface area (Å²) in [5.74, 6) is -0.431. The predicted octanol–water partition coefficient (Wildman–Crippen LogP) is 2.08. The van der Waals surface area contributed by atoms with Crippen molar-refractivity contribution in [3.8, 4) is 12.1 Å². The molecule has 2 aromatic rings. The average molecular weight is 248 g/mol. The number of pyridine rings is 1. The first-order valence-corrected chi connectivity index (χ1v) is 5.40. The minimum Gasteiger partial charge on any atom is -0.322 e. The number of carbonyl (C=O) groups excluding carboxylic acids is 1. The summed E-state index contributed by atoms with van der Waals surface area (Å²) < 4.78 is 0. The molecular formula is C14H8N4O. The van der Waals surface area contributed by atoms with Crippen LogP contribution in [0.5, 0.6) is 0 Å². The van der Waals surface area contributed by atoms with Crippen LogP contribution in [0.3, 0.4) is 0 Å². The van der Waals surface area contributed by atoms with Crippen molar-refractivity contribution in [2.45, 2.75) is 0 Å². The van der Waals surface area contributed by atoms with Crippen LogP contribution in [-0.2, 0) is 0 Å². The summed E-state index contributed by atoms with van der Waals surface area (Å²) in [7, 11) is 0. The summed E-state index contributed by atoms with van der Waals surface area (Å²) in [6.07, 6.45) is 2.79. The second-order valence-electron chi connectivity index (χ2n) is 3.68. The summed E-state index contributed by atoms with van der Waals surface area (Å²) in [6, 6.07) is 11.9. The molecule has 0 spiro atoms. The molecule has 0 saturated carbocycles. The number of hydrogen-bond acceptors (Lipinski definition) is 4. The molecule has 5 nitrogen and oxygen atoms in total. The number of anilines is 1. The Hall–Kier alpha value is -3.18. The molecule has 1 N–H and O–H groups in total. The van der Waals surface area contributed by atoms with Crippen molar-refractivity contribution in [1.82, 2.24) is 4.98 Å². The Balaban J connectivity index is 2.27. The van der Waals surface area contributed by atoms with Crippen molar-refractivity contribution in [2.75, 3.05) is 5.32 Å². The molecule has 0 fully saturated rings. The lowest BCUT2D eigenvalue weighted by molar-refractivity contribution is 0.102. The van der Waals surface area contributed by atoms with Gasteiger partial charge < -0.3 is 5.32 Å². The maximum absolute atomic E-state index is 12.0. The molecule has 2 rings (SSSR count). The van der Waals surface area contributed by atoms with Gasteiger partial charge in [-0.25, -0.2) is 0 Å². The van der Waals surface area contributed by atoms with Crippen molar-refractivity contribution in [3.05, 3.63) is 59.4 Å². The smallest absolute Gasteiger partial charge is 0.258 e. The van der Waals surface area contributed by atoms with Gasteiger partial charge in [-0.2, -0.15) is 10.5 Å². The number of hydrogen-bond donors (Lipinski definition) is 1. The van der Waals surface area contributed by atoms with E-state index in [0.29, 0.717) is 11.3 Å². The van der Waals surface area contributed by atoms with Crippen LogP contribution in [0.25, 0.3) is 0 Å². The molecule has 19 heavy (non-hydrogen) atoms. The number of nitrogens with zero attached hydrogens (tertiary/aromatic N) is 3. The van der Waals surface area contributed by atoms with E-state index in [-0.39, 0.29) is 11.1 Å². The fourth-order valence-corrected chi connectivity index (χ4v) is 1.54. The maximum atomic E-state index is 12.0. The zero-order chi connectivity index (χ0) is 13.7. The fourth-order valence-electron chi connectivity index (χ4n) is 1.54. The maximum Gasteiger partial charge on any atom is 0.258 e. The van der Waals surface area contributed by atoms with Crippen LogP contribution >= 0.6 is 0 Å². The van der Waals surface area contributed by atoms with Gasteiger partial charge in [0.25, 0.3) is 5.91 Å². The minimum atomic E-state index is -0.431. The third kappa shape index (κ3) is 2.74. The second kappa shape index (κ2) is 5.44. The highest BCUT2D eigenvalue weighted by Crippen LogP contribution is 2.13. The molecule has 1 heterocycles. The summed E-state index contributed by atoms with van der Waals surface area (Å²) in [5, 5.41) is 20.3. The Labute approximate surface area is 109 Å². The standard InChI is InChI=1S/C14H8N4O/c15-7-10-2-1-3-12(6-10)18-14(19)13-9-17-5-4-11(13)8-16/h1-6,9H,(H,18,19). The average Bonchev–Trinajstić information content (AvgIpc) is 2.47. The van der Waals surface area contributed by atoms with Crippen LogP contribution in [-0.4, -0.2) is 10.9 Å². The summed E-state index contributed by atoms with van der Waals surface area (Å²) in [5.41, 5.74) is 1.40. The second-order valence-corrected chi connectivity index (χ2v) is 3.68. The number of aromatic nitrogens is 1. The number of nitriles is 2. The number of amides is 1. The Morgan fingerprint density at radius 3 is 2.79 bits per heavy atom. The monoisotopic (exact) mass is 248 g/mol. The molecule has 0 radical (unpaired) electrons. The van der Waals surface area contributed by atoms with Gasteiger partial charge in [0.05, 0.1) is 22.8 Å². The van der Waals surface area contributed by atoms with Crippen molar-refractivity contribution in [2.24, 2.45) is 0 Å². The minimum absolute atomic E-state index is 0.201. The molecule has 0 bridgehead atoms. The first-order chi connectivity index (χ1) is 9.24. The molecule has 0 unspecified atom stereocenters. The quantitative estimate of drug-likeness (QED) is 0.880. The van der Waals surface area contributed by atoms with Crippen molar-refractivity contribution < 1.29 is 4.79 Å². The van der Waals surface area contributed by atoms with E-state index in [1.54, 1.807) is 24.3 Å². The van der Waals surface area contributed by atoms with Crippen LogP contribution in [0.15, 0.2) is 42.7 Å². The van der Waals surface area contributed by atoms with Gasteiger partial charge in [-0.3, -0.25) is 9.78 Å². The number of carbonyl (C=O) groups is 1. The molecule has 90 valence electrons. The van der Waals surface area contributed by atoms with Gasteiger partial charge in [-0.05, 0) is 24.3 Å². The number of benzene rings is 1. The normalized spacial score (nSPS) is 9.16. The molecule has 0 aliphatic rings. The van der Waals surface area contributed by atoms with Crippen LogP contribution in [0.1, 0.15) is 21.5 Å². The first-order valence-electron chi connectivity index (χ1n) is 5.40. The van der Waals surface area contributed by atoms with Gasteiger partial charge >= 0.3 is 0 Å². The SMILES string of the molecule is N#Cc1cccc(NC(=O)c2cnccc2C#N)c1. The van der Waals surface area contributed by atoms with E-state index < -0.39 is 5.91 Å². The van der Waals surface area contributed by atoms with E-state index in [9.17, 15) is 4.79 Å². The third-order valence-electron chi connectivity index (χ3n) is 2.44. The van der Waals surface area contributed by atoms with Gasteiger partial charge in [-0.1, -0.05) is 6.07 Å². The fraction of sp³-hybridized carbons (Fsp3) is 0. The third-order valence-corrected chi connectivity index (χ3v) is 2.44. The van der Waals surface area contributed by atoms with E-state index in [2.05, 4.69) is 10.3 Å². The Kier molecular flexibility index (Phi) is 3.51. The summed E-state index contributed by atoms with van der Waals surface area (Å²) >= 11 is 0. The highest BCUT2D eigenvalue weighted by molar-refractivity contribution is 6.05. The molecule has 1 aromatic carbocycles. The molecule has 5 heteroatoms. The predicted molar refractivity (Wildman–Crippen MR) is 68.1 cm³/mol. The number of rotatable bonds is 2. The van der Waals surface area contributed by atoms with Crippen LogP contribution < -0.4 is 5.32 Å².